The second kappa shape index (κ2) is 2.88. The summed E-state index contributed by atoms with van der Waals surface area (Å²) in [5, 5.41) is 8.88. The van der Waals surface area contributed by atoms with Crippen LogP contribution in [0.25, 0.3) is 0 Å². The molecule has 0 unspecified atom stereocenters. The van der Waals surface area contributed by atoms with Crippen molar-refractivity contribution in [2.24, 2.45) is 0 Å². The molecule has 2 aliphatic rings. The van der Waals surface area contributed by atoms with Gasteiger partial charge in [-0.3, -0.25) is 0 Å². The van der Waals surface area contributed by atoms with Gasteiger partial charge in [-0.15, -0.1) is 0 Å². The Labute approximate surface area is 89.3 Å². The molecule has 0 fully saturated rings. The summed E-state index contributed by atoms with van der Waals surface area (Å²) in [6, 6.07) is 3.08. The van der Waals surface area contributed by atoms with E-state index in [9.17, 15) is 9.59 Å². The molecule has 0 spiro atoms. The van der Waals surface area contributed by atoms with Gasteiger partial charge in [-0.1, -0.05) is 0 Å². The van der Waals surface area contributed by atoms with Crippen LogP contribution in [0.15, 0.2) is 12.1 Å². The van der Waals surface area contributed by atoms with Crippen LogP contribution in [0.2, 0.25) is 0 Å². The maximum absolute atomic E-state index is 11.5. The molecule has 2 heterocycles. The predicted molar refractivity (Wildman–Crippen MR) is 48.4 cm³/mol. The minimum absolute atomic E-state index is 0.0246. The summed E-state index contributed by atoms with van der Waals surface area (Å²) in [7, 11) is 0. The Morgan fingerprint density at radius 1 is 1.38 bits per heavy atom. The van der Waals surface area contributed by atoms with E-state index < -0.39 is 18.0 Å². The molecule has 6 heteroatoms. The van der Waals surface area contributed by atoms with E-state index >= 15 is 0 Å². The zero-order chi connectivity index (χ0) is 11.3. The third kappa shape index (κ3) is 1.01. The molecular formula is C10H6O6. The van der Waals surface area contributed by atoms with Crippen molar-refractivity contribution in [3.05, 3.63) is 23.3 Å². The highest BCUT2D eigenvalue weighted by Crippen LogP contribution is 2.44. The van der Waals surface area contributed by atoms with Gasteiger partial charge in [0.25, 0.3) is 0 Å². The smallest absolute Gasteiger partial charge is 0.349 e. The molecule has 0 aliphatic carbocycles. The number of esters is 1. The van der Waals surface area contributed by atoms with Crippen LogP contribution in [0.1, 0.15) is 22.0 Å². The number of benzene rings is 1. The number of carboxylic acids is 1. The second-order valence-electron chi connectivity index (χ2n) is 3.39. The van der Waals surface area contributed by atoms with Gasteiger partial charge in [0.1, 0.15) is 5.56 Å². The number of carbonyl (C=O) groups is 2. The fourth-order valence-electron chi connectivity index (χ4n) is 1.83. The fraction of sp³-hybridized carbons (Fsp3) is 0.200. The highest BCUT2D eigenvalue weighted by molar-refractivity contribution is 6.01. The first-order chi connectivity index (χ1) is 7.68. The number of aliphatic carboxylic acids is 1. The molecule has 0 radical (unpaired) electrons. The highest BCUT2D eigenvalue weighted by atomic mass is 16.7. The van der Waals surface area contributed by atoms with E-state index in [1.807, 2.05) is 0 Å². The highest BCUT2D eigenvalue weighted by Gasteiger charge is 2.40. The van der Waals surface area contributed by atoms with E-state index in [4.69, 9.17) is 19.3 Å². The first kappa shape index (κ1) is 9.02. The summed E-state index contributed by atoms with van der Waals surface area (Å²) in [4.78, 5) is 22.4. The molecule has 82 valence electrons. The van der Waals surface area contributed by atoms with Crippen LogP contribution < -0.4 is 9.47 Å². The molecule has 2 aliphatic heterocycles. The van der Waals surface area contributed by atoms with Crippen LogP contribution in [0.4, 0.5) is 0 Å². The van der Waals surface area contributed by atoms with Gasteiger partial charge in [0, 0.05) is 5.56 Å². The Bertz CT molecular complexity index is 506. The summed E-state index contributed by atoms with van der Waals surface area (Å²) < 4.78 is 15.0. The third-order valence-electron chi connectivity index (χ3n) is 2.51. The Balaban J connectivity index is 2.21. The van der Waals surface area contributed by atoms with E-state index in [1.165, 1.54) is 6.07 Å². The lowest BCUT2D eigenvalue weighted by Crippen LogP contribution is -2.10. The van der Waals surface area contributed by atoms with Crippen LogP contribution in [0.5, 0.6) is 11.5 Å². The minimum atomic E-state index is -1.25. The number of ether oxygens (including phenoxy) is 3. The van der Waals surface area contributed by atoms with Crippen molar-refractivity contribution in [2.45, 2.75) is 6.10 Å². The molecule has 3 rings (SSSR count). The van der Waals surface area contributed by atoms with E-state index in [2.05, 4.69) is 0 Å². The second-order valence-corrected chi connectivity index (χ2v) is 3.39. The first-order valence-corrected chi connectivity index (χ1v) is 4.55. The molecule has 0 saturated carbocycles. The number of hydrogen-bond acceptors (Lipinski definition) is 5. The van der Waals surface area contributed by atoms with Crippen molar-refractivity contribution >= 4 is 11.9 Å². The number of fused-ring (bicyclic) bond motifs is 3. The van der Waals surface area contributed by atoms with Gasteiger partial charge in [-0.05, 0) is 12.1 Å². The van der Waals surface area contributed by atoms with Gasteiger partial charge in [0.15, 0.2) is 11.5 Å². The summed E-state index contributed by atoms with van der Waals surface area (Å²) >= 11 is 0. The van der Waals surface area contributed by atoms with Crippen LogP contribution in [-0.2, 0) is 9.53 Å². The Morgan fingerprint density at radius 2 is 2.19 bits per heavy atom. The van der Waals surface area contributed by atoms with Gasteiger partial charge in [0.2, 0.25) is 12.9 Å². The SMILES string of the molecule is O=C1O[C@H](C(=O)O)c2ccc3c(c21)OCO3. The Kier molecular flexibility index (Phi) is 1.62. The minimum Gasteiger partial charge on any atom is -0.478 e. The average molecular weight is 222 g/mol. The molecule has 0 aromatic heterocycles. The van der Waals surface area contributed by atoms with Crippen molar-refractivity contribution in [1.82, 2.24) is 0 Å². The maximum Gasteiger partial charge on any atom is 0.349 e. The molecule has 1 atom stereocenters. The zero-order valence-electron chi connectivity index (χ0n) is 7.93. The number of cyclic esters (lactones) is 1. The standard InChI is InChI=1S/C10H6O6/c11-9(12)7-4-1-2-5-8(15-3-14-5)6(4)10(13)16-7/h1-2,7H,3H2,(H,11,12)/t7-/m0/s1. The van der Waals surface area contributed by atoms with Crippen LogP contribution >= 0.6 is 0 Å². The molecule has 1 aromatic carbocycles. The Morgan fingerprint density at radius 3 is 2.94 bits per heavy atom. The van der Waals surface area contributed by atoms with Crippen molar-refractivity contribution in [3.8, 4) is 11.5 Å². The largest absolute Gasteiger partial charge is 0.478 e. The van der Waals surface area contributed by atoms with E-state index in [0.717, 1.165) is 0 Å². The van der Waals surface area contributed by atoms with Crippen LogP contribution in [0.3, 0.4) is 0 Å². The third-order valence-corrected chi connectivity index (χ3v) is 2.51. The summed E-state index contributed by atoms with van der Waals surface area (Å²) in [5.41, 5.74) is 0.462. The van der Waals surface area contributed by atoms with Gasteiger partial charge < -0.3 is 19.3 Å². The van der Waals surface area contributed by atoms with E-state index in [0.29, 0.717) is 11.3 Å². The molecule has 0 bridgehead atoms. The normalized spacial score (nSPS) is 20.5. The predicted octanol–water partition coefficient (Wildman–Crippen LogP) is 0.711. The monoisotopic (exact) mass is 222 g/mol. The van der Waals surface area contributed by atoms with Gasteiger partial charge >= 0.3 is 11.9 Å². The number of rotatable bonds is 1. The number of hydrogen-bond donors (Lipinski definition) is 1. The van der Waals surface area contributed by atoms with Gasteiger partial charge in [-0.25, -0.2) is 9.59 Å². The lowest BCUT2D eigenvalue weighted by Gasteiger charge is -2.03. The van der Waals surface area contributed by atoms with Crippen LogP contribution in [-0.4, -0.2) is 23.8 Å². The van der Waals surface area contributed by atoms with Crippen molar-refractivity contribution < 1.29 is 28.9 Å². The van der Waals surface area contributed by atoms with Crippen molar-refractivity contribution in [3.63, 3.8) is 0 Å². The molecule has 1 aromatic rings. The molecular weight excluding hydrogens is 216 g/mol. The number of carboxylic acid groups (broad SMARTS) is 1. The molecule has 16 heavy (non-hydrogen) atoms. The summed E-state index contributed by atoms with van der Waals surface area (Å²) in [6.07, 6.45) is -1.25. The summed E-state index contributed by atoms with van der Waals surface area (Å²) in [6.45, 7) is 0.0246. The molecule has 0 amide bonds. The lowest BCUT2D eigenvalue weighted by atomic mass is 10.0. The zero-order valence-corrected chi connectivity index (χ0v) is 7.93. The maximum atomic E-state index is 11.5. The first-order valence-electron chi connectivity index (χ1n) is 4.55. The average Bonchev–Trinajstić information content (AvgIpc) is 2.81. The van der Waals surface area contributed by atoms with E-state index in [-0.39, 0.29) is 18.1 Å². The van der Waals surface area contributed by atoms with Gasteiger partial charge in [-0.2, -0.15) is 0 Å². The van der Waals surface area contributed by atoms with E-state index in [1.54, 1.807) is 6.07 Å². The van der Waals surface area contributed by atoms with Crippen LogP contribution in [0, 0.1) is 0 Å². The fourth-order valence-corrected chi connectivity index (χ4v) is 1.83. The topological polar surface area (TPSA) is 82.1 Å². The lowest BCUT2D eigenvalue weighted by molar-refractivity contribution is -0.146. The van der Waals surface area contributed by atoms with Gasteiger partial charge in [0.05, 0.1) is 0 Å². The molecule has 1 N–H and O–H groups in total. The Hall–Kier alpha value is -2.24. The number of carbonyl (C=O) groups excluding carboxylic acids is 1. The van der Waals surface area contributed by atoms with Crippen molar-refractivity contribution in [1.29, 1.82) is 0 Å². The quantitative estimate of drug-likeness (QED) is 0.704. The summed E-state index contributed by atoms with van der Waals surface area (Å²) in [5.74, 6) is -1.19. The van der Waals surface area contributed by atoms with Crippen molar-refractivity contribution in [2.75, 3.05) is 6.79 Å². The molecule has 6 nitrogen and oxygen atoms in total. The molecule has 0 saturated heterocycles.